The molecule has 0 aliphatic rings. The average Bonchev–Trinajstić information content (AvgIpc) is 3.14. The van der Waals surface area contributed by atoms with E-state index in [-0.39, 0.29) is 11.7 Å². The molecule has 0 saturated carbocycles. The van der Waals surface area contributed by atoms with Crippen LogP contribution >= 0.6 is 23.4 Å². The Kier molecular flexibility index (Phi) is 7.55. The van der Waals surface area contributed by atoms with Crippen molar-refractivity contribution < 1.29 is 9.53 Å². The number of ether oxygens (including phenoxy) is 1. The van der Waals surface area contributed by atoms with Crippen LogP contribution < -0.4 is 10.1 Å². The van der Waals surface area contributed by atoms with E-state index in [1.165, 1.54) is 11.8 Å². The number of carbonyl (C=O) groups is 1. The fraction of sp³-hybridized carbons (Fsp3) is 0.286. The normalized spacial score (nSPS) is 10.7. The molecule has 152 valence electrons. The number of benzene rings is 2. The molecular weight excluding hydrogens is 408 g/mol. The van der Waals surface area contributed by atoms with E-state index in [0.717, 1.165) is 16.9 Å². The number of nitrogens with zero attached hydrogens (tertiary/aromatic N) is 3. The quantitative estimate of drug-likeness (QED) is 0.514. The van der Waals surface area contributed by atoms with E-state index in [1.54, 1.807) is 0 Å². The van der Waals surface area contributed by atoms with Gasteiger partial charge in [0.1, 0.15) is 12.4 Å². The monoisotopic (exact) mass is 430 g/mol. The molecule has 1 heterocycles. The summed E-state index contributed by atoms with van der Waals surface area (Å²) in [7, 11) is 0. The van der Waals surface area contributed by atoms with Crippen molar-refractivity contribution in [3.8, 4) is 5.75 Å². The highest BCUT2D eigenvalue weighted by Crippen LogP contribution is 2.22. The summed E-state index contributed by atoms with van der Waals surface area (Å²) < 4.78 is 7.78. The van der Waals surface area contributed by atoms with E-state index >= 15 is 0 Å². The van der Waals surface area contributed by atoms with Crippen molar-refractivity contribution >= 4 is 29.3 Å². The zero-order valence-corrected chi connectivity index (χ0v) is 18.0. The molecule has 3 aromatic rings. The van der Waals surface area contributed by atoms with E-state index in [9.17, 15) is 4.79 Å². The fourth-order valence-electron chi connectivity index (χ4n) is 2.68. The third-order valence-corrected chi connectivity index (χ3v) is 5.66. The molecule has 1 aromatic heterocycles. The number of rotatable bonds is 9. The first-order valence-corrected chi connectivity index (χ1v) is 10.7. The van der Waals surface area contributed by atoms with Gasteiger partial charge >= 0.3 is 0 Å². The number of aryl methyl sites for hydroxylation is 1. The zero-order chi connectivity index (χ0) is 20.6. The van der Waals surface area contributed by atoms with Crippen molar-refractivity contribution in [3.63, 3.8) is 0 Å². The van der Waals surface area contributed by atoms with Gasteiger partial charge in [0.2, 0.25) is 5.91 Å². The molecule has 0 bridgehead atoms. The topological polar surface area (TPSA) is 69.0 Å². The van der Waals surface area contributed by atoms with Crippen molar-refractivity contribution in [3.05, 3.63) is 70.5 Å². The smallest absolute Gasteiger partial charge is 0.230 e. The highest BCUT2D eigenvalue weighted by Gasteiger charge is 2.14. The SMILES string of the molecule is CCn1c(COc2ccc(Cl)c(C)c2)nnc1SCC(=O)NCc1ccccc1. The lowest BCUT2D eigenvalue weighted by molar-refractivity contribution is -0.118. The molecule has 0 spiro atoms. The number of nitrogens with one attached hydrogen (secondary N) is 1. The molecule has 2 aromatic carbocycles. The van der Waals surface area contributed by atoms with Gasteiger partial charge in [-0.1, -0.05) is 53.7 Å². The standard InChI is InChI=1S/C21H23ClN4O2S/c1-3-26-19(13-28-17-9-10-18(22)15(2)11-17)24-25-21(26)29-14-20(27)23-12-16-7-5-4-6-8-16/h4-11H,3,12-14H2,1-2H3,(H,23,27). The van der Waals surface area contributed by atoms with Gasteiger partial charge in [-0.3, -0.25) is 4.79 Å². The highest BCUT2D eigenvalue weighted by molar-refractivity contribution is 7.99. The Hall–Kier alpha value is -2.51. The van der Waals surface area contributed by atoms with Gasteiger partial charge in [0.05, 0.1) is 5.75 Å². The molecule has 0 unspecified atom stereocenters. The summed E-state index contributed by atoms with van der Waals surface area (Å²) in [6.45, 7) is 5.45. The molecule has 0 aliphatic carbocycles. The van der Waals surface area contributed by atoms with Crippen molar-refractivity contribution in [1.29, 1.82) is 0 Å². The maximum atomic E-state index is 12.1. The van der Waals surface area contributed by atoms with Crippen LogP contribution in [0.4, 0.5) is 0 Å². The minimum Gasteiger partial charge on any atom is -0.486 e. The van der Waals surface area contributed by atoms with Crippen LogP contribution in [-0.4, -0.2) is 26.4 Å². The molecular formula is C21H23ClN4O2S. The van der Waals surface area contributed by atoms with Crippen LogP contribution in [0.25, 0.3) is 0 Å². The molecule has 8 heteroatoms. The molecule has 0 aliphatic heterocycles. The minimum absolute atomic E-state index is 0.0426. The lowest BCUT2D eigenvalue weighted by atomic mass is 10.2. The van der Waals surface area contributed by atoms with Crippen LogP contribution in [-0.2, 0) is 24.5 Å². The third kappa shape index (κ3) is 5.98. The summed E-state index contributed by atoms with van der Waals surface area (Å²) in [6, 6.07) is 15.4. The Balaban J connectivity index is 1.53. The minimum atomic E-state index is -0.0426. The maximum Gasteiger partial charge on any atom is 0.230 e. The van der Waals surface area contributed by atoms with Gasteiger partial charge in [0, 0.05) is 18.1 Å². The van der Waals surface area contributed by atoms with Crippen LogP contribution in [0.1, 0.15) is 23.9 Å². The van der Waals surface area contributed by atoms with Gasteiger partial charge in [0.25, 0.3) is 0 Å². The number of halogens is 1. The van der Waals surface area contributed by atoms with E-state index < -0.39 is 0 Å². The van der Waals surface area contributed by atoms with Crippen LogP contribution in [0.2, 0.25) is 5.02 Å². The Morgan fingerprint density at radius 2 is 2.00 bits per heavy atom. The average molecular weight is 431 g/mol. The maximum absolute atomic E-state index is 12.1. The Morgan fingerprint density at radius 1 is 1.21 bits per heavy atom. The summed E-state index contributed by atoms with van der Waals surface area (Å²) in [5, 5.41) is 12.8. The Labute approximate surface area is 179 Å². The molecule has 1 N–H and O–H groups in total. The number of carbonyl (C=O) groups excluding carboxylic acids is 1. The van der Waals surface area contributed by atoms with Gasteiger partial charge in [-0.15, -0.1) is 10.2 Å². The molecule has 1 amide bonds. The van der Waals surface area contributed by atoms with Crippen molar-refractivity contribution in [1.82, 2.24) is 20.1 Å². The zero-order valence-electron chi connectivity index (χ0n) is 16.4. The first-order valence-electron chi connectivity index (χ1n) is 9.31. The number of aromatic nitrogens is 3. The van der Waals surface area contributed by atoms with Gasteiger partial charge in [0.15, 0.2) is 11.0 Å². The number of hydrogen-bond donors (Lipinski definition) is 1. The lowest BCUT2D eigenvalue weighted by Crippen LogP contribution is -2.24. The first-order chi connectivity index (χ1) is 14.1. The van der Waals surface area contributed by atoms with Gasteiger partial charge in [-0.25, -0.2) is 0 Å². The largest absolute Gasteiger partial charge is 0.486 e. The number of thioether (sulfide) groups is 1. The van der Waals surface area contributed by atoms with Crippen LogP contribution in [0, 0.1) is 6.92 Å². The van der Waals surface area contributed by atoms with E-state index in [2.05, 4.69) is 15.5 Å². The van der Waals surface area contributed by atoms with E-state index in [0.29, 0.717) is 35.7 Å². The third-order valence-electron chi connectivity index (χ3n) is 4.27. The van der Waals surface area contributed by atoms with Crippen molar-refractivity contribution in [2.45, 2.75) is 38.7 Å². The summed E-state index contributed by atoms with van der Waals surface area (Å²) in [6.07, 6.45) is 0. The van der Waals surface area contributed by atoms with E-state index in [4.69, 9.17) is 16.3 Å². The lowest BCUT2D eigenvalue weighted by Gasteiger charge is -2.10. The van der Waals surface area contributed by atoms with Crippen LogP contribution in [0.5, 0.6) is 5.75 Å². The van der Waals surface area contributed by atoms with Crippen LogP contribution in [0.3, 0.4) is 0 Å². The Morgan fingerprint density at radius 3 is 2.72 bits per heavy atom. The summed E-state index contributed by atoms with van der Waals surface area (Å²) >= 11 is 7.41. The van der Waals surface area contributed by atoms with Gasteiger partial charge in [-0.05, 0) is 43.2 Å². The predicted octanol–water partition coefficient (Wildman–Crippen LogP) is 4.25. The molecule has 0 radical (unpaired) electrons. The second-order valence-electron chi connectivity index (χ2n) is 6.39. The van der Waals surface area contributed by atoms with E-state index in [1.807, 2.05) is 66.9 Å². The molecule has 6 nitrogen and oxygen atoms in total. The second kappa shape index (κ2) is 10.3. The predicted molar refractivity (Wildman–Crippen MR) is 115 cm³/mol. The second-order valence-corrected chi connectivity index (χ2v) is 7.74. The molecule has 29 heavy (non-hydrogen) atoms. The van der Waals surface area contributed by atoms with Crippen molar-refractivity contribution in [2.24, 2.45) is 0 Å². The molecule has 3 rings (SSSR count). The first kappa shape index (κ1) is 21.2. The Bertz CT molecular complexity index is 963. The van der Waals surface area contributed by atoms with Gasteiger partial charge < -0.3 is 14.6 Å². The summed E-state index contributed by atoms with van der Waals surface area (Å²) in [5.74, 6) is 1.68. The molecule has 0 fully saturated rings. The van der Waals surface area contributed by atoms with Gasteiger partial charge in [-0.2, -0.15) is 0 Å². The van der Waals surface area contributed by atoms with Crippen molar-refractivity contribution in [2.75, 3.05) is 5.75 Å². The number of amides is 1. The van der Waals surface area contributed by atoms with Crippen LogP contribution in [0.15, 0.2) is 53.7 Å². The summed E-state index contributed by atoms with van der Waals surface area (Å²) in [5.41, 5.74) is 2.03. The highest BCUT2D eigenvalue weighted by atomic mass is 35.5. The molecule has 0 saturated heterocycles. The summed E-state index contributed by atoms with van der Waals surface area (Å²) in [4.78, 5) is 12.1. The molecule has 0 atom stereocenters. The number of hydrogen-bond acceptors (Lipinski definition) is 5. The fourth-order valence-corrected chi connectivity index (χ4v) is 3.65.